The van der Waals surface area contributed by atoms with Crippen molar-refractivity contribution in [3.8, 4) is 0 Å². The summed E-state index contributed by atoms with van der Waals surface area (Å²) in [5.74, 6) is -0.315. The molecule has 1 aliphatic heterocycles. The Hall–Kier alpha value is -2.38. The first-order valence-corrected chi connectivity index (χ1v) is 10.1. The summed E-state index contributed by atoms with van der Waals surface area (Å²) in [6, 6.07) is 11.7. The monoisotopic (exact) mass is 392 g/mol. The largest absolute Gasteiger partial charge is 0.332 e. The number of hydrogen-bond donors (Lipinski definition) is 0. The predicted molar refractivity (Wildman–Crippen MR) is 98.9 cm³/mol. The minimum Gasteiger partial charge on any atom is -0.308 e. The van der Waals surface area contributed by atoms with Crippen LogP contribution in [-0.4, -0.2) is 37.6 Å². The number of benzene rings is 2. The van der Waals surface area contributed by atoms with Gasteiger partial charge in [-0.25, -0.2) is 18.1 Å². The maximum Gasteiger partial charge on any atom is 0.332 e. The molecule has 0 saturated carbocycles. The standard InChI is InChI=1S/C18H17ClN2O4S/c1-12-17(22)21(15-7-5-14(19)6-8-15)18(23)20(12)11-13-3-9-16(10-4-13)26(2,24)25/h3-10,12H,11H2,1-2H3/t12-/m0/s1. The van der Waals surface area contributed by atoms with E-state index in [2.05, 4.69) is 0 Å². The van der Waals surface area contributed by atoms with Crippen LogP contribution in [0.2, 0.25) is 5.02 Å². The quantitative estimate of drug-likeness (QED) is 0.749. The minimum absolute atomic E-state index is 0.208. The number of carbonyl (C=O) groups excluding carboxylic acids is 2. The Labute approximate surface area is 156 Å². The van der Waals surface area contributed by atoms with Gasteiger partial charge in [0, 0.05) is 17.8 Å². The van der Waals surface area contributed by atoms with E-state index in [1.165, 1.54) is 17.0 Å². The molecule has 0 radical (unpaired) electrons. The van der Waals surface area contributed by atoms with Gasteiger partial charge in [-0.2, -0.15) is 0 Å². The number of rotatable bonds is 4. The number of imide groups is 1. The highest BCUT2D eigenvalue weighted by Gasteiger charge is 2.43. The predicted octanol–water partition coefficient (Wildman–Crippen LogP) is 3.10. The van der Waals surface area contributed by atoms with Crippen LogP contribution >= 0.6 is 11.6 Å². The molecule has 0 bridgehead atoms. The summed E-state index contributed by atoms with van der Waals surface area (Å²) in [7, 11) is -3.28. The van der Waals surface area contributed by atoms with Gasteiger partial charge in [0.15, 0.2) is 9.84 Å². The van der Waals surface area contributed by atoms with Crippen LogP contribution in [0.5, 0.6) is 0 Å². The average Bonchev–Trinajstić information content (AvgIpc) is 2.79. The molecule has 136 valence electrons. The summed E-state index contributed by atoms with van der Waals surface area (Å²) in [5.41, 5.74) is 1.20. The Morgan fingerprint density at radius 1 is 1.00 bits per heavy atom. The molecule has 8 heteroatoms. The molecule has 0 aliphatic carbocycles. The van der Waals surface area contributed by atoms with Crippen molar-refractivity contribution in [1.29, 1.82) is 0 Å². The van der Waals surface area contributed by atoms with Crippen LogP contribution in [0.1, 0.15) is 12.5 Å². The number of nitrogens with zero attached hydrogens (tertiary/aromatic N) is 2. The van der Waals surface area contributed by atoms with Crippen molar-refractivity contribution in [3.05, 3.63) is 59.1 Å². The smallest absolute Gasteiger partial charge is 0.308 e. The Balaban J connectivity index is 1.83. The molecule has 0 spiro atoms. The van der Waals surface area contributed by atoms with Crippen molar-refractivity contribution in [1.82, 2.24) is 4.90 Å². The number of urea groups is 1. The molecule has 3 rings (SSSR count). The first kappa shape index (κ1) is 18.4. The molecule has 1 atom stereocenters. The van der Waals surface area contributed by atoms with Gasteiger partial charge in [-0.3, -0.25) is 4.79 Å². The van der Waals surface area contributed by atoms with Gasteiger partial charge in [-0.1, -0.05) is 23.7 Å². The first-order valence-electron chi connectivity index (χ1n) is 7.87. The van der Waals surface area contributed by atoms with E-state index in [9.17, 15) is 18.0 Å². The second-order valence-electron chi connectivity index (χ2n) is 6.15. The fourth-order valence-corrected chi connectivity index (χ4v) is 3.54. The maximum atomic E-state index is 12.7. The van der Waals surface area contributed by atoms with Crippen molar-refractivity contribution in [2.75, 3.05) is 11.2 Å². The molecule has 26 heavy (non-hydrogen) atoms. The number of amides is 3. The van der Waals surface area contributed by atoms with E-state index in [1.54, 1.807) is 43.3 Å². The lowest BCUT2D eigenvalue weighted by atomic mass is 10.2. The second-order valence-corrected chi connectivity index (χ2v) is 8.60. The van der Waals surface area contributed by atoms with Gasteiger partial charge >= 0.3 is 6.03 Å². The van der Waals surface area contributed by atoms with Crippen LogP contribution in [0.25, 0.3) is 0 Å². The third kappa shape index (κ3) is 3.45. The summed E-state index contributed by atoms with van der Waals surface area (Å²) < 4.78 is 23.1. The fraction of sp³-hybridized carbons (Fsp3) is 0.222. The Morgan fingerprint density at radius 3 is 2.12 bits per heavy atom. The summed E-state index contributed by atoms with van der Waals surface area (Å²) in [6.45, 7) is 1.88. The summed E-state index contributed by atoms with van der Waals surface area (Å²) in [6.07, 6.45) is 1.14. The van der Waals surface area contributed by atoms with Crippen molar-refractivity contribution in [2.24, 2.45) is 0 Å². The zero-order chi connectivity index (χ0) is 19.1. The Bertz CT molecular complexity index is 956. The topological polar surface area (TPSA) is 74.8 Å². The SMILES string of the molecule is C[C@H]1C(=O)N(c2ccc(Cl)cc2)C(=O)N1Cc1ccc(S(C)(=O)=O)cc1. The van der Waals surface area contributed by atoms with Gasteiger partial charge in [-0.05, 0) is 48.9 Å². The van der Waals surface area contributed by atoms with Crippen LogP contribution in [0, 0.1) is 0 Å². The molecule has 1 heterocycles. The molecule has 2 aromatic rings. The number of halogens is 1. The molecule has 1 fully saturated rings. The molecular formula is C18H17ClN2O4S. The molecular weight excluding hydrogens is 376 g/mol. The second kappa shape index (κ2) is 6.74. The minimum atomic E-state index is -3.28. The normalized spacial score (nSPS) is 17.9. The highest BCUT2D eigenvalue weighted by Crippen LogP contribution is 2.27. The summed E-state index contributed by atoms with van der Waals surface area (Å²) in [5, 5.41) is 0.517. The zero-order valence-electron chi connectivity index (χ0n) is 14.2. The Morgan fingerprint density at radius 2 is 1.58 bits per heavy atom. The van der Waals surface area contributed by atoms with Crippen molar-refractivity contribution < 1.29 is 18.0 Å². The maximum absolute atomic E-state index is 12.7. The number of anilines is 1. The highest BCUT2D eigenvalue weighted by atomic mass is 35.5. The number of hydrogen-bond acceptors (Lipinski definition) is 4. The van der Waals surface area contributed by atoms with E-state index in [1.807, 2.05) is 0 Å². The molecule has 0 N–H and O–H groups in total. The average molecular weight is 393 g/mol. The van der Waals surface area contributed by atoms with E-state index in [0.717, 1.165) is 16.7 Å². The van der Waals surface area contributed by atoms with Crippen LogP contribution in [0.4, 0.5) is 10.5 Å². The van der Waals surface area contributed by atoms with Crippen molar-refractivity contribution in [3.63, 3.8) is 0 Å². The van der Waals surface area contributed by atoms with E-state index in [4.69, 9.17) is 11.6 Å². The van der Waals surface area contributed by atoms with Gasteiger partial charge < -0.3 is 4.90 Å². The summed E-state index contributed by atoms with van der Waals surface area (Å²) >= 11 is 5.86. The third-order valence-electron chi connectivity index (χ3n) is 4.27. The number of carbonyl (C=O) groups is 2. The third-order valence-corrected chi connectivity index (χ3v) is 5.65. The van der Waals surface area contributed by atoms with E-state index in [0.29, 0.717) is 10.7 Å². The first-order chi connectivity index (χ1) is 12.2. The molecule has 0 aromatic heterocycles. The molecule has 1 saturated heterocycles. The van der Waals surface area contributed by atoms with Crippen LogP contribution in [-0.2, 0) is 21.2 Å². The van der Waals surface area contributed by atoms with Gasteiger partial charge in [0.2, 0.25) is 0 Å². The van der Waals surface area contributed by atoms with E-state index in [-0.39, 0.29) is 17.3 Å². The van der Waals surface area contributed by atoms with Gasteiger partial charge in [-0.15, -0.1) is 0 Å². The highest BCUT2D eigenvalue weighted by molar-refractivity contribution is 7.90. The lowest BCUT2D eigenvalue weighted by Gasteiger charge is -2.19. The lowest BCUT2D eigenvalue weighted by Crippen LogP contribution is -2.33. The fourth-order valence-electron chi connectivity index (χ4n) is 2.78. The molecule has 3 amide bonds. The zero-order valence-corrected chi connectivity index (χ0v) is 15.8. The van der Waals surface area contributed by atoms with Crippen LogP contribution < -0.4 is 4.90 Å². The molecule has 6 nitrogen and oxygen atoms in total. The van der Waals surface area contributed by atoms with Crippen LogP contribution in [0.3, 0.4) is 0 Å². The van der Waals surface area contributed by atoms with Gasteiger partial charge in [0.1, 0.15) is 6.04 Å². The van der Waals surface area contributed by atoms with Crippen LogP contribution in [0.15, 0.2) is 53.4 Å². The van der Waals surface area contributed by atoms with Crippen molar-refractivity contribution in [2.45, 2.75) is 24.4 Å². The molecule has 1 aliphatic rings. The molecule has 2 aromatic carbocycles. The van der Waals surface area contributed by atoms with Gasteiger partial charge in [0.25, 0.3) is 5.91 Å². The van der Waals surface area contributed by atoms with Crippen molar-refractivity contribution >= 4 is 39.1 Å². The van der Waals surface area contributed by atoms with E-state index >= 15 is 0 Å². The van der Waals surface area contributed by atoms with E-state index < -0.39 is 21.9 Å². The van der Waals surface area contributed by atoms with Gasteiger partial charge in [0.05, 0.1) is 10.6 Å². The molecule has 0 unspecified atom stereocenters. The lowest BCUT2D eigenvalue weighted by molar-refractivity contribution is -0.119. The Kier molecular flexibility index (Phi) is 4.77. The number of sulfone groups is 1. The summed E-state index contributed by atoms with van der Waals surface area (Å²) in [4.78, 5) is 28.1.